The van der Waals surface area contributed by atoms with Crippen LogP contribution in [0.1, 0.15) is 21.5 Å². The second kappa shape index (κ2) is 6.22. The van der Waals surface area contributed by atoms with Crippen molar-refractivity contribution in [3.05, 3.63) is 64.2 Å². The molecule has 0 aliphatic carbocycles. The third-order valence-corrected chi connectivity index (χ3v) is 3.76. The van der Waals surface area contributed by atoms with E-state index in [1.807, 2.05) is 26.0 Å². The van der Waals surface area contributed by atoms with Crippen LogP contribution in [-0.2, 0) is 0 Å². The number of carbonyl (C=O) groups excluding carboxylic acids is 1. The molecule has 1 aromatic heterocycles. The molecule has 5 nitrogen and oxygen atoms in total. The van der Waals surface area contributed by atoms with E-state index < -0.39 is 0 Å². The number of nitrogens with zero attached hydrogens (tertiary/aromatic N) is 2. The average molecular weight is 328 g/mol. The molecule has 1 amide bonds. The smallest absolute Gasteiger partial charge is 0.322 e. The predicted octanol–water partition coefficient (Wildman–Crippen LogP) is 4.26. The van der Waals surface area contributed by atoms with Gasteiger partial charge in [0.25, 0.3) is 5.91 Å². The number of hydrogen-bond acceptors (Lipinski definition) is 4. The molecule has 0 aliphatic heterocycles. The third kappa shape index (κ3) is 3.40. The van der Waals surface area contributed by atoms with Crippen molar-refractivity contribution in [3.63, 3.8) is 0 Å². The van der Waals surface area contributed by atoms with E-state index in [4.69, 9.17) is 16.0 Å². The third-order valence-electron chi connectivity index (χ3n) is 3.51. The number of benzene rings is 2. The minimum absolute atomic E-state index is 0.0539. The van der Waals surface area contributed by atoms with Gasteiger partial charge in [-0.2, -0.15) is 0 Å². The van der Waals surface area contributed by atoms with Crippen molar-refractivity contribution >= 4 is 23.5 Å². The monoisotopic (exact) mass is 327 g/mol. The van der Waals surface area contributed by atoms with Crippen LogP contribution in [-0.4, -0.2) is 16.1 Å². The molecule has 0 bridgehead atoms. The van der Waals surface area contributed by atoms with Gasteiger partial charge in [0.15, 0.2) is 0 Å². The fourth-order valence-electron chi connectivity index (χ4n) is 2.03. The van der Waals surface area contributed by atoms with Crippen LogP contribution in [0.2, 0.25) is 5.02 Å². The number of halogens is 1. The van der Waals surface area contributed by atoms with Gasteiger partial charge in [-0.15, -0.1) is 5.10 Å². The van der Waals surface area contributed by atoms with Gasteiger partial charge < -0.3 is 4.42 Å². The lowest BCUT2D eigenvalue weighted by Crippen LogP contribution is -2.12. The zero-order valence-corrected chi connectivity index (χ0v) is 13.4. The number of amides is 1. The molecular formula is C17H14ClN3O2. The summed E-state index contributed by atoms with van der Waals surface area (Å²) in [6.45, 7) is 3.95. The second-order valence-corrected chi connectivity index (χ2v) is 5.61. The SMILES string of the molecule is Cc1ccc(C(=O)Nc2nnc(-c3ccc(Cl)cc3)o2)cc1C. The summed E-state index contributed by atoms with van der Waals surface area (Å²) < 4.78 is 5.46. The van der Waals surface area contributed by atoms with E-state index in [1.54, 1.807) is 30.3 Å². The number of carbonyl (C=O) groups is 1. The summed E-state index contributed by atoms with van der Waals surface area (Å²) in [7, 11) is 0. The highest BCUT2D eigenvalue weighted by atomic mass is 35.5. The van der Waals surface area contributed by atoms with E-state index in [9.17, 15) is 4.79 Å². The molecule has 116 valence electrons. The van der Waals surface area contributed by atoms with Crippen molar-refractivity contribution in [1.29, 1.82) is 0 Å². The minimum Gasteiger partial charge on any atom is -0.403 e. The quantitative estimate of drug-likeness (QED) is 0.780. The van der Waals surface area contributed by atoms with Crippen LogP contribution in [0, 0.1) is 13.8 Å². The van der Waals surface area contributed by atoms with E-state index in [0.29, 0.717) is 16.5 Å². The molecule has 0 unspecified atom stereocenters. The van der Waals surface area contributed by atoms with Crippen LogP contribution in [0.5, 0.6) is 0 Å². The highest BCUT2D eigenvalue weighted by Gasteiger charge is 2.13. The number of anilines is 1. The molecule has 0 fully saturated rings. The summed E-state index contributed by atoms with van der Waals surface area (Å²) in [6.07, 6.45) is 0. The first kappa shape index (κ1) is 15.2. The number of nitrogens with one attached hydrogen (secondary N) is 1. The standard InChI is InChI=1S/C17H14ClN3O2/c1-10-3-4-13(9-11(10)2)15(22)19-17-21-20-16(23-17)12-5-7-14(18)8-6-12/h3-9H,1-2H3,(H,19,21,22). The van der Waals surface area contributed by atoms with E-state index in [2.05, 4.69) is 15.5 Å². The average Bonchev–Trinajstić information content (AvgIpc) is 2.99. The van der Waals surface area contributed by atoms with Gasteiger partial charge in [-0.05, 0) is 61.4 Å². The molecule has 6 heteroatoms. The Morgan fingerprint density at radius 2 is 1.78 bits per heavy atom. The largest absolute Gasteiger partial charge is 0.403 e. The first-order valence-corrected chi connectivity index (χ1v) is 7.39. The molecule has 1 N–H and O–H groups in total. The highest BCUT2D eigenvalue weighted by Crippen LogP contribution is 2.22. The fraction of sp³-hybridized carbons (Fsp3) is 0.118. The van der Waals surface area contributed by atoms with Gasteiger partial charge in [-0.1, -0.05) is 22.8 Å². The molecule has 0 radical (unpaired) electrons. The normalized spacial score (nSPS) is 10.6. The summed E-state index contributed by atoms with van der Waals surface area (Å²) >= 11 is 5.84. The number of rotatable bonds is 3. The van der Waals surface area contributed by atoms with Crippen molar-refractivity contribution in [2.24, 2.45) is 0 Å². The number of aryl methyl sites for hydroxylation is 2. The van der Waals surface area contributed by atoms with Gasteiger partial charge in [-0.3, -0.25) is 10.1 Å². The Hall–Kier alpha value is -2.66. The van der Waals surface area contributed by atoms with Crippen LogP contribution >= 0.6 is 11.6 Å². The molecule has 3 rings (SSSR count). The molecular weight excluding hydrogens is 314 g/mol. The summed E-state index contributed by atoms with van der Waals surface area (Å²) in [5, 5.41) is 11.0. The van der Waals surface area contributed by atoms with Gasteiger partial charge in [0.1, 0.15) is 0 Å². The van der Waals surface area contributed by atoms with Crippen LogP contribution in [0.25, 0.3) is 11.5 Å². The van der Waals surface area contributed by atoms with E-state index in [-0.39, 0.29) is 11.9 Å². The van der Waals surface area contributed by atoms with Gasteiger partial charge in [0, 0.05) is 16.1 Å². The molecule has 0 atom stereocenters. The van der Waals surface area contributed by atoms with Crippen molar-refractivity contribution in [2.45, 2.75) is 13.8 Å². The second-order valence-electron chi connectivity index (χ2n) is 5.17. The predicted molar refractivity (Wildman–Crippen MR) is 88.6 cm³/mol. The Morgan fingerprint density at radius 1 is 1.04 bits per heavy atom. The van der Waals surface area contributed by atoms with Crippen molar-refractivity contribution in [1.82, 2.24) is 10.2 Å². The fourth-order valence-corrected chi connectivity index (χ4v) is 2.16. The molecule has 1 heterocycles. The van der Waals surface area contributed by atoms with Gasteiger partial charge >= 0.3 is 6.01 Å². The van der Waals surface area contributed by atoms with E-state index in [1.165, 1.54) is 0 Å². The molecule has 3 aromatic rings. The van der Waals surface area contributed by atoms with Gasteiger partial charge in [0.2, 0.25) is 5.89 Å². The Kier molecular flexibility index (Phi) is 4.12. The van der Waals surface area contributed by atoms with Crippen LogP contribution < -0.4 is 5.32 Å². The van der Waals surface area contributed by atoms with E-state index >= 15 is 0 Å². The van der Waals surface area contributed by atoms with Gasteiger partial charge in [-0.25, -0.2) is 0 Å². The molecule has 0 aliphatic rings. The Labute approximate surface area is 138 Å². The Morgan fingerprint density at radius 3 is 2.48 bits per heavy atom. The van der Waals surface area contributed by atoms with Gasteiger partial charge in [0.05, 0.1) is 0 Å². The summed E-state index contributed by atoms with van der Waals surface area (Å²) in [5.41, 5.74) is 3.45. The lowest BCUT2D eigenvalue weighted by molar-refractivity contribution is 0.102. The first-order chi connectivity index (χ1) is 11.0. The molecule has 2 aromatic carbocycles. The van der Waals surface area contributed by atoms with Crippen molar-refractivity contribution in [2.75, 3.05) is 5.32 Å². The summed E-state index contributed by atoms with van der Waals surface area (Å²) in [5.74, 6) is 0.0245. The Bertz CT molecular complexity index is 857. The lowest BCUT2D eigenvalue weighted by Gasteiger charge is -2.04. The summed E-state index contributed by atoms with van der Waals surface area (Å²) in [6, 6.07) is 12.5. The van der Waals surface area contributed by atoms with E-state index in [0.717, 1.165) is 16.7 Å². The summed E-state index contributed by atoms with van der Waals surface area (Å²) in [4.78, 5) is 12.2. The topological polar surface area (TPSA) is 68.0 Å². The molecule has 0 spiro atoms. The number of aromatic nitrogens is 2. The molecule has 0 saturated heterocycles. The maximum atomic E-state index is 12.2. The van der Waals surface area contributed by atoms with Crippen molar-refractivity contribution < 1.29 is 9.21 Å². The zero-order chi connectivity index (χ0) is 16.4. The highest BCUT2D eigenvalue weighted by molar-refractivity contribution is 6.30. The minimum atomic E-state index is -0.292. The molecule has 0 saturated carbocycles. The zero-order valence-electron chi connectivity index (χ0n) is 12.6. The maximum Gasteiger partial charge on any atom is 0.322 e. The Balaban J connectivity index is 1.77. The van der Waals surface area contributed by atoms with Crippen molar-refractivity contribution in [3.8, 4) is 11.5 Å². The maximum absolute atomic E-state index is 12.2. The lowest BCUT2D eigenvalue weighted by atomic mass is 10.1. The van der Waals surface area contributed by atoms with Crippen LogP contribution in [0.4, 0.5) is 6.01 Å². The first-order valence-electron chi connectivity index (χ1n) is 7.01. The molecule has 23 heavy (non-hydrogen) atoms. The van der Waals surface area contributed by atoms with Crippen LogP contribution in [0.15, 0.2) is 46.9 Å². The van der Waals surface area contributed by atoms with Crippen LogP contribution in [0.3, 0.4) is 0 Å². The number of hydrogen-bond donors (Lipinski definition) is 1.